The van der Waals surface area contributed by atoms with Gasteiger partial charge in [0.2, 0.25) is 0 Å². The summed E-state index contributed by atoms with van der Waals surface area (Å²) in [5, 5.41) is 6.17. The molecule has 3 aromatic rings. The van der Waals surface area contributed by atoms with Gasteiger partial charge >= 0.3 is 0 Å². The van der Waals surface area contributed by atoms with Crippen molar-refractivity contribution in [2.24, 2.45) is 0 Å². The molecule has 5 heteroatoms. The van der Waals surface area contributed by atoms with Crippen LogP contribution < -0.4 is 10.6 Å². The van der Waals surface area contributed by atoms with E-state index >= 15 is 0 Å². The first-order chi connectivity index (χ1) is 12.5. The Morgan fingerprint density at radius 3 is 2.58 bits per heavy atom. The van der Waals surface area contributed by atoms with Crippen LogP contribution in [0.15, 0.2) is 54.9 Å². The van der Waals surface area contributed by atoms with Gasteiger partial charge in [-0.25, -0.2) is 9.97 Å². The molecule has 0 atom stereocenters. The van der Waals surface area contributed by atoms with Gasteiger partial charge in [-0.2, -0.15) is 0 Å². The highest BCUT2D eigenvalue weighted by Crippen LogP contribution is 2.17. The van der Waals surface area contributed by atoms with Crippen LogP contribution in [0.3, 0.4) is 0 Å². The number of hydrogen-bond donors (Lipinski definition) is 2. The number of aryl methyl sites for hydroxylation is 3. The first-order valence-corrected chi connectivity index (χ1v) is 8.52. The minimum absolute atomic E-state index is 0.250. The fraction of sp³-hybridized carbons (Fsp3) is 0.190. The molecule has 0 fully saturated rings. The van der Waals surface area contributed by atoms with E-state index in [1.54, 1.807) is 6.07 Å². The summed E-state index contributed by atoms with van der Waals surface area (Å²) in [5.74, 6) is 0.370. The summed E-state index contributed by atoms with van der Waals surface area (Å²) >= 11 is 0. The third-order valence-corrected chi connectivity index (χ3v) is 4.26. The smallest absolute Gasteiger partial charge is 0.274 e. The molecule has 0 radical (unpaired) electrons. The standard InChI is InChI=1S/C21H22N4O/c1-14-8-9-16(3)18(10-14)25-21(26)19-11-20(24-13-23-19)22-12-17-7-5-4-6-15(17)2/h4-11,13H,12H2,1-3H3,(H,25,26)(H,22,23,24). The van der Waals surface area contributed by atoms with Crippen LogP contribution in [0.5, 0.6) is 0 Å². The Labute approximate surface area is 153 Å². The summed E-state index contributed by atoms with van der Waals surface area (Å²) in [4.78, 5) is 20.8. The van der Waals surface area contributed by atoms with E-state index in [0.717, 1.165) is 16.8 Å². The molecule has 0 aliphatic carbocycles. The zero-order valence-electron chi connectivity index (χ0n) is 15.2. The molecule has 0 unspecified atom stereocenters. The van der Waals surface area contributed by atoms with Crippen LogP contribution in [0.2, 0.25) is 0 Å². The number of carbonyl (C=O) groups excluding carboxylic acids is 1. The molecule has 1 amide bonds. The highest BCUT2D eigenvalue weighted by molar-refractivity contribution is 6.03. The van der Waals surface area contributed by atoms with Crippen molar-refractivity contribution in [1.29, 1.82) is 0 Å². The van der Waals surface area contributed by atoms with E-state index in [9.17, 15) is 4.79 Å². The van der Waals surface area contributed by atoms with Gasteiger partial charge in [-0.3, -0.25) is 4.79 Å². The molecular weight excluding hydrogens is 324 g/mol. The fourth-order valence-electron chi connectivity index (χ4n) is 2.63. The number of rotatable bonds is 5. The quantitative estimate of drug-likeness (QED) is 0.724. The van der Waals surface area contributed by atoms with E-state index in [4.69, 9.17) is 0 Å². The maximum Gasteiger partial charge on any atom is 0.274 e. The minimum atomic E-state index is -0.250. The summed E-state index contributed by atoms with van der Waals surface area (Å²) in [5.41, 5.74) is 5.62. The lowest BCUT2D eigenvalue weighted by Crippen LogP contribution is -2.15. The van der Waals surface area contributed by atoms with Crippen molar-refractivity contribution in [3.63, 3.8) is 0 Å². The number of amides is 1. The van der Waals surface area contributed by atoms with Gasteiger partial charge in [0.25, 0.3) is 5.91 Å². The van der Waals surface area contributed by atoms with Gasteiger partial charge < -0.3 is 10.6 Å². The average molecular weight is 346 g/mol. The summed E-state index contributed by atoms with van der Waals surface area (Å²) in [6, 6.07) is 15.8. The Morgan fingerprint density at radius 1 is 0.962 bits per heavy atom. The Balaban J connectivity index is 1.71. The number of benzene rings is 2. The predicted molar refractivity (Wildman–Crippen MR) is 104 cm³/mol. The monoisotopic (exact) mass is 346 g/mol. The van der Waals surface area contributed by atoms with Crippen LogP contribution in [0.1, 0.15) is 32.7 Å². The second kappa shape index (κ2) is 7.78. The van der Waals surface area contributed by atoms with Crippen molar-refractivity contribution in [2.45, 2.75) is 27.3 Å². The molecule has 2 aromatic carbocycles. The molecule has 0 saturated carbocycles. The highest BCUT2D eigenvalue weighted by atomic mass is 16.1. The Bertz CT molecular complexity index is 937. The average Bonchev–Trinajstić information content (AvgIpc) is 2.64. The molecule has 5 nitrogen and oxygen atoms in total. The molecule has 1 heterocycles. The van der Waals surface area contributed by atoms with Crippen molar-refractivity contribution >= 4 is 17.4 Å². The molecule has 0 spiro atoms. The molecule has 0 aliphatic rings. The molecule has 3 rings (SSSR count). The molecule has 1 aromatic heterocycles. The number of anilines is 2. The Kier molecular flexibility index (Phi) is 5.27. The van der Waals surface area contributed by atoms with E-state index < -0.39 is 0 Å². The first-order valence-electron chi connectivity index (χ1n) is 8.52. The third-order valence-electron chi connectivity index (χ3n) is 4.26. The normalized spacial score (nSPS) is 10.4. The Morgan fingerprint density at radius 2 is 1.77 bits per heavy atom. The number of carbonyl (C=O) groups is 1. The lowest BCUT2D eigenvalue weighted by molar-refractivity contribution is 0.102. The van der Waals surface area contributed by atoms with Crippen LogP contribution in [0, 0.1) is 20.8 Å². The van der Waals surface area contributed by atoms with Crippen LogP contribution >= 0.6 is 0 Å². The topological polar surface area (TPSA) is 66.9 Å². The van der Waals surface area contributed by atoms with Crippen molar-refractivity contribution in [2.75, 3.05) is 10.6 Å². The molecule has 0 aliphatic heterocycles. The van der Waals surface area contributed by atoms with E-state index in [2.05, 4.69) is 39.7 Å². The van der Waals surface area contributed by atoms with Gasteiger partial charge in [-0.05, 0) is 49.1 Å². The van der Waals surface area contributed by atoms with Crippen molar-refractivity contribution in [1.82, 2.24) is 9.97 Å². The molecule has 132 valence electrons. The summed E-state index contributed by atoms with van der Waals surface area (Å²) in [6.07, 6.45) is 1.40. The summed E-state index contributed by atoms with van der Waals surface area (Å²) < 4.78 is 0. The van der Waals surface area contributed by atoms with Gasteiger partial charge in [-0.15, -0.1) is 0 Å². The number of nitrogens with zero attached hydrogens (tertiary/aromatic N) is 2. The second-order valence-corrected chi connectivity index (χ2v) is 6.34. The summed E-state index contributed by atoms with van der Waals surface area (Å²) in [7, 11) is 0. The third kappa shape index (κ3) is 4.25. The van der Waals surface area contributed by atoms with E-state index in [1.165, 1.54) is 17.5 Å². The fourth-order valence-corrected chi connectivity index (χ4v) is 2.63. The lowest BCUT2D eigenvalue weighted by atomic mass is 10.1. The molecule has 0 saturated heterocycles. The number of aromatic nitrogens is 2. The lowest BCUT2D eigenvalue weighted by Gasteiger charge is -2.11. The van der Waals surface area contributed by atoms with Gasteiger partial charge in [-0.1, -0.05) is 36.4 Å². The second-order valence-electron chi connectivity index (χ2n) is 6.34. The zero-order chi connectivity index (χ0) is 18.5. The van der Waals surface area contributed by atoms with Crippen LogP contribution in [0.4, 0.5) is 11.5 Å². The van der Waals surface area contributed by atoms with Crippen LogP contribution in [-0.4, -0.2) is 15.9 Å². The maximum absolute atomic E-state index is 12.5. The SMILES string of the molecule is Cc1ccc(C)c(NC(=O)c2cc(NCc3ccccc3C)ncn2)c1. The minimum Gasteiger partial charge on any atom is -0.366 e. The van der Waals surface area contributed by atoms with Gasteiger partial charge in [0, 0.05) is 18.3 Å². The molecule has 2 N–H and O–H groups in total. The van der Waals surface area contributed by atoms with Gasteiger partial charge in [0.15, 0.2) is 0 Å². The van der Waals surface area contributed by atoms with Gasteiger partial charge in [0.05, 0.1) is 0 Å². The molecule has 0 bridgehead atoms. The van der Waals surface area contributed by atoms with E-state index in [-0.39, 0.29) is 5.91 Å². The maximum atomic E-state index is 12.5. The van der Waals surface area contributed by atoms with E-state index in [0.29, 0.717) is 18.1 Å². The van der Waals surface area contributed by atoms with Crippen molar-refractivity contribution < 1.29 is 4.79 Å². The van der Waals surface area contributed by atoms with Crippen LogP contribution in [-0.2, 0) is 6.54 Å². The number of hydrogen-bond acceptors (Lipinski definition) is 4. The van der Waals surface area contributed by atoms with Crippen molar-refractivity contribution in [3.05, 3.63) is 82.8 Å². The zero-order valence-corrected chi connectivity index (χ0v) is 15.2. The molecular formula is C21H22N4O. The highest BCUT2D eigenvalue weighted by Gasteiger charge is 2.11. The van der Waals surface area contributed by atoms with E-state index in [1.807, 2.05) is 44.2 Å². The summed E-state index contributed by atoms with van der Waals surface area (Å²) in [6.45, 7) is 6.67. The van der Waals surface area contributed by atoms with Crippen molar-refractivity contribution in [3.8, 4) is 0 Å². The predicted octanol–water partition coefficient (Wildman–Crippen LogP) is 4.27. The largest absolute Gasteiger partial charge is 0.366 e. The van der Waals surface area contributed by atoms with Crippen LogP contribution in [0.25, 0.3) is 0 Å². The Hall–Kier alpha value is -3.21. The first kappa shape index (κ1) is 17.6. The number of nitrogens with one attached hydrogen (secondary N) is 2. The molecule has 26 heavy (non-hydrogen) atoms. The van der Waals surface area contributed by atoms with Gasteiger partial charge in [0.1, 0.15) is 17.8 Å².